The summed E-state index contributed by atoms with van der Waals surface area (Å²) in [6.45, 7) is 5.97. The van der Waals surface area contributed by atoms with E-state index < -0.39 is 144 Å². The second-order valence-corrected chi connectivity index (χ2v) is 19.4. The number of carboxylic acids is 4. The minimum Gasteiger partial charge on any atom is -0.478 e. The zero-order chi connectivity index (χ0) is 64.3. The van der Waals surface area contributed by atoms with E-state index in [1.807, 2.05) is 0 Å². The number of amides is 2. The molecule has 0 radical (unpaired) electrons. The summed E-state index contributed by atoms with van der Waals surface area (Å²) >= 11 is 0. The third kappa shape index (κ3) is 13.7. The van der Waals surface area contributed by atoms with Crippen LogP contribution in [-0.4, -0.2) is 88.0 Å². The number of benzene rings is 7. The van der Waals surface area contributed by atoms with Crippen LogP contribution in [0.2, 0.25) is 0 Å². The van der Waals surface area contributed by atoms with Crippen molar-refractivity contribution >= 4 is 70.0 Å². The van der Waals surface area contributed by atoms with Crippen molar-refractivity contribution in [3.05, 3.63) is 199 Å². The summed E-state index contributed by atoms with van der Waals surface area (Å²) in [5.74, 6) is -10.5. The summed E-state index contributed by atoms with van der Waals surface area (Å²) in [6, 6.07) is 21.7. The lowest BCUT2D eigenvalue weighted by Gasteiger charge is -2.34. The number of carbonyl (C=O) groups excluding carboxylic acids is 4. The molecule has 2 amide bonds. The van der Waals surface area contributed by atoms with Gasteiger partial charge in [-0.1, -0.05) is 36.4 Å². The largest absolute Gasteiger partial charge is 0.478 e. The molecule has 0 saturated heterocycles. The maximum Gasteiger partial charge on any atom is 0.417 e. The van der Waals surface area contributed by atoms with Gasteiger partial charge in [-0.25, -0.2) is 19.2 Å². The fraction of sp³-hybridized carbons (Fsp3) is 0.180. The Bertz CT molecular complexity index is 3950. The Morgan fingerprint density at radius 1 is 0.372 bits per heavy atom. The van der Waals surface area contributed by atoms with E-state index >= 15 is 0 Å². The summed E-state index contributed by atoms with van der Waals surface area (Å²) < 4.78 is 129. The lowest BCUT2D eigenvalue weighted by atomic mass is 9.73. The normalized spacial score (nSPS) is 12.1. The van der Waals surface area contributed by atoms with Gasteiger partial charge in [0.1, 0.15) is 5.41 Å². The number of Topliss-reactive ketones (excluding diaryl/α,β-unsaturated/α-hetero) is 2. The first-order valence-corrected chi connectivity index (χ1v) is 25.1. The molecule has 0 aliphatic heterocycles. The van der Waals surface area contributed by atoms with E-state index in [-0.39, 0.29) is 22.4 Å². The summed E-state index contributed by atoms with van der Waals surface area (Å²) in [4.78, 5) is 97.2. The molecule has 0 aliphatic carbocycles. The summed E-state index contributed by atoms with van der Waals surface area (Å²) in [6.07, 6.45) is -14.8. The molecule has 1 unspecified atom stereocenters. The number of alkyl halides is 9. The zero-order valence-corrected chi connectivity index (χ0v) is 46.0. The highest BCUT2D eigenvalue weighted by Crippen LogP contribution is 2.48. The molecule has 0 spiro atoms. The number of carboxylic acid groups (broad SMARTS) is 4. The van der Waals surface area contributed by atoms with Crippen molar-refractivity contribution in [2.24, 2.45) is 0 Å². The van der Waals surface area contributed by atoms with Crippen LogP contribution in [0, 0.1) is 13.8 Å². The first-order valence-electron chi connectivity index (χ1n) is 25.1. The molecule has 0 saturated carbocycles. The number of hydrogen-bond acceptors (Lipinski definition) is 10. The summed E-state index contributed by atoms with van der Waals surface area (Å²) in [5, 5.41) is 48.1. The number of nitrogens with one attached hydrogen (secondary N) is 4. The number of rotatable bonds is 16. The van der Waals surface area contributed by atoms with Crippen molar-refractivity contribution in [2.75, 3.05) is 35.4 Å². The van der Waals surface area contributed by atoms with Crippen molar-refractivity contribution in [1.82, 2.24) is 0 Å². The van der Waals surface area contributed by atoms with E-state index in [1.54, 1.807) is 52.2 Å². The van der Waals surface area contributed by atoms with Crippen molar-refractivity contribution < 1.29 is 98.3 Å². The van der Waals surface area contributed by atoms with Crippen LogP contribution in [0.25, 0.3) is 22.3 Å². The second-order valence-electron chi connectivity index (χ2n) is 19.4. The smallest absolute Gasteiger partial charge is 0.417 e. The molecular weight excluding hydrogens is 1150 g/mol. The van der Waals surface area contributed by atoms with Crippen molar-refractivity contribution in [3.8, 4) is 22.3 Å². The molecule has 8 N–H and O–H groups in total. The Labute approximate surface area is 482 Å². The summed E-state index contributed by atoms with van der Waals surface area (Å²) in [7, 11) is 3.32. The molecule has 0 fully saturated rings. The van der Waals surface area contributed by atoms with Crippen LogP contribution in [0.3, 0.4) is 0 Å². The molecule has 448 valence electrons. The van der Waals surface area contributed by atoms with Gasteiger partial charge < -0.3 is 41.7 Å². The van der Waals surface area contributed by atoms with E-state index in [2.05, 4.69) is 21.3 Å². The molecule has 1 atom stereocenters. The van der Waals surface area contributed by atoms with E-state index in [9.17, 15) is 98.3 Å². The molecule has 25 heteroatoms. The predicted molar refractivity (Wildman–Crippen MR) is 298 cm³/mol. The first kappa shape index (κ1) is 64.8. The molecule has 7 rings (SSSR count). The number of aryl methyl sites for hydroxylation is 2. The van der Waals surface area contributed by atoms with Crippen LogP contribution < -0.4 is 21.3 Å². The van der Waals surface area contributed by atoms with E-state index in [0.717, 1.165) is 68.4 Å². The van der Waals surface area contributed by atoms with Crippen LogP contribution in [0.15, 0.2) is 121 Å². The van der Waals surface area contributed by atoms with E-state index in [4.69, 9.17) is 0 Å². The Hall–Kier alpha value is -10.3. The standard InChI is InChI=1S/C35H28F6N2O6.C26H21F3N2O6/c1-17-13-21(42-4)7-11-23(17)24-12-8-22(16-29(24)34(36,37)38)43-30(45)28-15-20(6-10-26(28)32(48)49)33(3,35(39,40)41)19-5-9-25(31(46)47)27(14-19)18(2)44;1-12-8-14(30-3)4-6-16(12)17-7-5-15(9-22(17)26(27,28)29)31-23(33)19-10-18(13(2)32)20(24(34)35)11-21(19)25(36)37/h5-16,42H,1-4H3,(H,43,45)(H,46,47)(H,48,49);4-11,30H,1-3H3,(H,31,33)(H,34,35)(H,36,37). The van der Waals surface area contributed by atoms with Crippen molar-refractivity contribution in [3.63, 3.8) is 0 Å². The molecule has 16 nitrogen and oxygen atoms in total. The molecular formula is C61H49F9N4O12. The monoisotopic (exact) mass is 1200 g/mol. The number of hydrogen-bond donors (Lipinski definition) is 8. The van der Waals surface area contributed by atoms with Crippen LogP contribution in [0.5, 0.6) is 0 Å². The summed E-state index contributed by atoms with van der Waals surface area (Å²) in [5.41, 5.74) is -9.39. The van der Waals surface area contributed by atoms with Gasteiger partial charge in [0, 0.05) is 48.0 Å². The molecule has 0 aliphatic rings. The average molecular weight is 1200 g/mol. The van der Waals surface area contributed by atoms with Gasteiger partial charge in [0.05, 0.1) is 44.5 Å². The molecule has 0 aromatic heterocycles. The Morgan fingerprint density at radius 3 is 1.02 bits per heavy atom. The first-order chi connectivity index (χ1) is 39.9. The second kappa shape index (κ2) is 24.9. The Balaban J connectivity index is 0.000000286. The minimum atomic E-state index is -5.15. The van der Waals surface area contributed by atoms with Gasteiger partial charge in [-0.3, -0.25) is 19.2 Å². The van der Waals surface area contributed by atoms with Gasteiger partial charge in [0.15, 0.2) is 11.6 Å². The molecule has 7 aromatic carbocycles. The third-order valence-corrected chi connectivity index (χ3v) is 13.9. The molecule has 0 bridgehead atoms. The average Bonchev–Trinajstić information content (AvgIpc) is 0.958. The van der Waals surface area contributed by atoms with Gasteiger partial charge in [0.2, 0.25) is 0 Å². The van der Waals surface area contributed by atoms with Crippen molar-refractivity contribution in [1.29, 1.82) is 0 Å². The zero-order valence-electron chi connectivity index (χ0n) is 46.0. The highest BCUT2D eigenvalue weighted by molar-refractivity contribution is 6.15. The number of anilines is 4. The van der Waals surface area contributed by atoms with Crippen LogP contribution in [0.4, 0.5) is 62.3 Å². The molecule has 0 heterocycles. The van der Waals surface area contributed by atoms with Crippen LogP contribution in [-0.2, 0) is 17.8 Å². The van der Waals surface area contributed by atoms with Crippen LogP contribution in [0.1, 0.15) is 137 Å². The highest BCUT2D eigenvalue weighted by atomic mass is 19.4. The van der Waals surface area contributed by atoms with Gasteiger partial charge in [0.25, 0.3) is 11.8 Å². The predicted octanol–water partition coefficient (Wildman–Crippen LogP) is 14.0. The third-order valence-electron chi connectivity index (χ3n) is 13.9. The number of carbonyl (C=O) groups is 8. The fourth-order valence-corrected chi connectivity index (χ4v) is 9.31. The topological polar surface area (TPSA) is 266 Å². The quantitative estimate of drug-likeness (QED) is 0.0330. The SMILES string of the molecule is CNc1ccc(-c2ccc(NC(=O)c3cc(C(C)(c4ccc(C(=O)O)c(C(C)=O)c4)C(F)(F)F)ccc3C(=O)O)cc2C(F)(F)F)c(C)c1.CNc1ccc(-c2ccc(NC(=O)c3cc(C(C)=O)c(C(=O)O)cc3C(=O)O)cc2C(F)(F)F)c(C)c1. The van der Waals surface area contributed by atoms with Gasteiger partial charge in [-0.05, 0) is 164 Å². The van der Waals surface area contributed by atoms with Crippen molar-refractivity contribution in [2.45, 2.75) is 58.6 Å². The van der Waals surface area contributed by atoms with E-state index in [0.29, 0.717) is 53.2 Å². The maximum absolute atomic E-state index is 14.9. The lowest BCUT2D eigenvalue weighted by molar-refractivity contribution is -0.173. The lowest BCUT2D eigenvalue weighted by Crippen LogP contribution is -2.41. The van der Waals surface area contributed by atoms with Crippen LogP contribution >= 0.6 is 0 Å². The maximum atomic E-state index is 14.9. The molecule has 7 aromatic rings. The minimum absolute atomic E-state index is 0.124. The van der Waals surface area contributed by atoms with E-state index in [1.165, 1.54) is 24.3 Å². The fourth-order valence-electron chi connectivity index (χ4n) is 9.31. The number of aromatic carboxylic acids is 4. The van der Waals surface area contributed by atoms with Gasteiger partial charge in [-0.15, -0.1) is 0 Å². The molecule has 86 heavy (non-hydrogen) atoms. The van der Waals surface area contributed by atoms with Gasteiger partial charge in [-0.2, -0.15) is 39.5 Å². The Kier molecular flexibility index (Phi) is 18.7. The van der Waals surface area contributed by atoms with Gasteiger partial charge >= 0.3 is 42.4 Å². The number of ketones is 2. The highest BCUT2D eigenvalue weighted by Gasteiger charge is 2.54. The Morgan fingerprint density at radius 2 is 0.686 bits per heavy atom. The number of halogens is 9.